The molecule has 6 aromatic carbocycles. The van der Waals surface area contributed by atoms with Crippen LogP contribution >= 0.6 is 0 Å². The van der Waals surface area contributed by atoms with Gasteiger partial charge in [-0.15, -0.1) is 0 Å². The van der Waals surface area contributed by atoms with E-state index in [1.807, 2.05) is 0 Å². The van der Waals surface area contributed by atoms with Gasteiger partial charge in [0.1, 0.15) is 0 Å². The molecular formula is C38H26IrN4+. The number of nitrogens with zero attached hydrogens (tertiary/aromatic N) is 4. The molecule has 0 N–H and O–H groups in total. The Morgan fingerprint density at radius 2 is 0.744 bits per heavy atom. The second kappa shape index (κ2) is 11.0. The van der Waals surface area contributed by atoms with E-state index in [4.69, 9.17) is 9.97 Å². The summed E-state index contributed by atoms with van der Waals surface area (Å²) in [5.41, 5.74) is 8.79. The van der Waals surface area contributed by atoms with Crippen molar-refractivity contribution < 1.29 is 17.7 Å². The molecule has 0 aliphatic heterocycles. The molecule has 0 bridgehead atoms. The second-order valence-corrected chi connectivity index (χ2v) is 13.4. The monoisotopic (exact) mass is 731 g/mol. The predicted molar refractivity (Wildman–Crippen MR) is 172 cm³/mol. The van der Waals surface area contributed by atoms with Gasteiger partial charge in [-0.05, 0) is 0 Å². The summed E-state index contributed by atoms with van der Waals surface area (Å²) in [4.78, 5) is 10.6. The standard InChI is InChI=1S/2C19H13N2.Ir/c2*1-3-9-15(10-4-1)19-20-17-13-7-8-14-18(17)21(19)16-11-5-2-6-12-16;/h2*1-12,14H;/q;;+1. The number of benzene rings is 6. The number of para-hydroxylation sites is 4. The molecule has 4 nitrogen and oxygen atoms in total. The Bertz CT molecular complexity index is 2030. The molecule has 0 radical (unpaired) electrons. The van der Waals surface area contributed by atoms with E-state index in [1.165, 1.54) is 8.15 Å². The Hall–Kier alpha value is -5.09. The van der Waals surface area contributed by atoms with Crippen molar-refractivity contribution in [3.63, 3.8) is 0 Å². The molecule has 0 aliphatic rings. The molecule has 0 spiro atoms. The molecular weight excluding hydrogens is 705 g/mol. The topological polar surface area (TPSA) is 35.6 Å². The Balaban J connectivity index is 1.32. The van der Waals surface area contributed by atoms with Gasteiger partial charge in [0, 0.05) is 0 Å². The summed E-state index contributed by atoms with van der Waals surface area (Å²) in [6.45, 7) is 0. The number of rotatable bonds is 6. The van der Waals surface area contributed by atoms with Gasteiger partial charge in [-0.1, -0.05) is 0 Å². The van der Waals surface area contributed by atoms with Crippen LogP contribution < -0.4 is 8.15 Å². The fourth-order valence-corrected chi connectivity index (χ4v) is 8.58. The Morgan fingerprint density at radius 3 is 1.14 bits per heavy atom. The minimum absolute atomic E-state index is 0.787. The fourth-order valence-electron chi connectivity index (χ4n) is 5.57. The van der Waals surface area contributed by atoms with E-state index in [0.717, 1.165) is 56.2 Å². The average molecular weight is 731 g/mol. The van der Waals surface area contributed by atoms with Crippen molar-refractivity contribution in [1.82, 2.24) is 19.1 Å². The summed E-state index contributed by atoms with van der Waals surface area (Å²) in [5.74, 6) is 1.91. The van der Waals surface area contributed by atoms with Crippen LogP contribution in [0.25, 0.3) is 56.2 Å². The van der Waals surface area contributed by atoms with Crippen molar-refractivity contribution in [1.29, 1.82) is 0 Å². The summed E-state index contributed by atoms with van der Waals surface area (Å²) in [6.07, 6.45) is 0. The van der Waals surface area contributed by atoms with Crippen molar-refractivity contribution in [2.45, 2.75) is 0 Å². The van der Waals surface area contributed by atoms with Gasteiger partial charge in [0.05, 0.1) is 0 Å². The van der Waals surface area contributed by atoms with Crippen LogP contribution in [0.3, 0.4) is 0 Å². The van der Waals surface area contributed by atoms with Gasteiger partial charge < -0.3 is 0 Å². The predicted octanol–water partition coefficient (Wildman–Crippen LogP) is 7.73. The third kappa shape index (κ3) is 4.60. The van der Waals surface area contributed by atoms with Crippen LogP contribution in [0, 0.1) is 0 Å². The van der Waals surface area contributed by atoms with E-state index >= 15 is 0 Å². The molecule has 206 valence electrons. The molecule has 0 atom stereocenters. The molecule has 0 aliphatic carbocycles. The molecule has 8 rings (SSSR count). The average Bonchev–Trinajstić information content (AvgIpc) is 3.67. The van der Waals surface area contributed by atoms with Crippen LogP contribution in [0.5, 0.6) is 0 Å². The first-order valence-electron chi connectivity index (χ1n) is 14.2. The molecule has 0 amide bonds. The first-order chi connectivity index (χ1) is 21.3. The minimum atomic E-state index is -0.787. The first-order valence-corrected chi connectivity index (χ1v) is 16.6. The molecule has 8 aromatic rings. The fraction of sp³-hybridized carbons (Fsp3) is 0. The maximum absolute atomic E-state index is 5.32. The van der Waals surface area contributed by atoms with Crippen molar-refractivity contribution in [3.05, 3.63) is 158 Å². The van der Waals surface area contributed by atoms with Gasteiger partial charge in [0.2, 0.25) is 0 Å². The molecule has 0 unspecified atom stereocenters. The van der Waals surface area contributed by atoms with Gasteiger partial charge in [-0.3, -0.25) is 0 Å². The van der Waals surface area contributed by atoms with Crippen molar-refractivity contribution in [2.24, 2.45) is 0 Å². The van der Waals surface area contributed by atoms with Gasteiger partial charge in [-0.2, -0.15) is 0 Å². The van der Waals surface area contributed by atoms with E-state index < -0.39 is 17.7 Å². The summed E-state index contributed by atoms with van der Waals surface area (Å²) < 4.78 is 7.18. The number of hydrogen-bond acceptors (Lipinski definition) is 2. The zero-order valence-corrected chi connectivity index (χ0v) is 25.5. The van der Waals surface area contributed by atoms with Crippen LogP contribution in [0.15, 0.2) is 158 Å². The number of aromatic nitrogens is 4. The molecule has 2 aromatic heterocycles. The molecule has 0 saturated heterocycles. The third-order valence-corrected chi connectivity index (χ3v) is 10.7. The van der Waals surface area contributed by atoms with Crippen molar-refractivity contribution >= 4 is 30.2 Å². The van der Waals surface area contributed by atoms with Crippen LogP contribution in [-0.4, -0.2) is 19.1 Å². The number of imidazole rings is 2. The molecule has 43 heavy (non-hydrogen) atoms. The Morgan fingerprint density at radius 1 is 0.372 bits per heavy atom. The molecule has 0 fully saturated rings. The normalized spacial score (nSPS) is 11.4. The second-order valence-electron chi connectivity index (χ2n) is 10.2. The van der Waals surface area contributed by atoms with Gasteiger partial charge in [-0.25, -0.2) is 0 Å². The molecule has 5 heteroatoms. The number of fused-ring (bicyclic) bond motifs is 2. The first kappa shape index (κ1) is 25.6. The SMILES string of the molecule is c1ccc(-c2nc3[c]([Ir+][c]4cccc5c4nc(-c4ccccc4)n5-c4ccccc4)cccc3n2-c2ccccc2)cc1. The quantitative estimate of drug-likeness (QED) is 0.176. The van der Waals surface area contributed by atoms with Crippen molar-refractivity contribution in [2.75, 3.05) is 0 Å². The van der Waals surface area contributed by atoms with Crippen LogP contribution in [0.1, 0.15) is 0 Å². The zero-order valence-electron chi connectivity index (χ0n) is 23.1. The zero-order chi connectivity index (χ0) is 28.6. The van der Waals surface area contributed by atoms with Crippen LogP contribution in [0.4, 0.5) is 0 Å². The van der Waals surface area contributed by atoms with E-state index in [1.54, 1.807) is 0 Å². The summed E-state index contributed by atoms with van der Waals surface area (Å²) >= 11 is -0.787. The maximum atomic E-state index is 5.32. The number of hydrogen-bond donors (Lipinski definition) is 0. The van der Waals surface area contributed by atoms with E-state index in [2.05, 4.69) is 167 Å². The van der Waals surface area contributed by atoms with Crippen LogP contribution in [0.2, 0.25) is 0 Å². The summed E-state index contributed by atoms with van der Waals surface area (Å²) in [6, 6.07) is 55.3. The Kier molecular flexibility index (Phi) is 6.52. The van der Waals surface area contributed by atoms with Crippen molar-refractivity contribution in [3.8, 4) is 34.2 Å². The van der Waals surface area contributed by atoms with E-state index in [0.29, 0.717) is 0 Å². The third-order valence-electron chi connectivity index (χ3n) is 7.51. The van der Waals surface area contributed by atoms with E-state index in [-0.39, 0.29) is 0 Å². The Labute approximate surface area is 257 Å². The van der Waals surface area contributed by atoms with Gasteiger partial charge in [0.15, 0.2) is 0 Å². The van der Waals surface area contributed by atoms with Gasteiger partial charge >= 0.3 is 259 Å². The van der Waals surface area contributed by atoms with Crippen LogP contribution in [-0.2, 0) is 17.7 Å². The van der Waals surface area contributed by atoms with E-state index in [9.17, 15) is 0 Å². The van der Waals surface area contributed by atoms with Gasteiger partial charge in [0.25, 0.3) is 0 Å². The molecule has 2 heterocycles. The molecule has 0 saturated carbocycles. The summed E-state index contributed by atoms with van der Waals surface area (Å²) in [7, 11) is 0. The summed E-state index contributed by atoms with van der Waals surface area (Å²) in [5, 5.41) is 0.